The van der Waals surface area contributed by atoms with Gasteiger partial charge in [0.2, 0.25) is 0 Å². The molecule has 0 atom stereocenters. The van der Waals surface area contributed by atoms with Crippen LogP contribution in [0.5, 0.6) is 34.5 Å². The Labute approximate surface area is 515 Å². The van der Waals surface area contributed by atoms with Crippen molar-refractivity contribution < 1.29 is 63.0 Å². The lowest BCUT2D eigenvalue weighted by molar-refractivity contribution is -0.139. The number of aromatic hydroxyl groups is 3. The molecule has 0 aliphatic heterocycles. The van der Waals surface area contributed by atoms with Gasteiger partial charge in [0.25, 0.3) is 17.7 Å². The molecule has 0 aliphatic carbocycles. The maximum absolute atomic E-state index is 12.6. The van der Waals surface area contributed by atoms with Gasteiger partial charge in [-0.2, -0.15) is 0 Å². The number of phenols is 3. The first-order valence-electron chi connectivity index (χ1n) is 28.9. The number of fused-ring (bicyclic) bond motifs is 12. The number of hydrogen-bond acceptors (Lipinski definition) is 13. The smallest absolute Gasteiger partial charge is 0.338 e. The highest BCUT2D eigenvalue weighted by molar-refractivity contribution is 6.00. The number of nitrogens with zero attached hydrogens (tertiary/aromatic N) is 10. The fourth-order valence-electron chi connectivity index (χ4n) is 9.74. The van der Waals surface area contributed by atoms with Crippen molar-refractivity contribution >= 4 is 68.7 Å². The number of ether oxygens (including phenoxy) is 4. The van der Waals surface area contributed by atoms with Crippen LogP contribution in [0, 0.1) is 6.92 Å². The molecule has 0 radical (unpaired) electrons. The molecule has 90 heavy (non-hydrogen) atoms. The topological polar surface area (TPSA) is 269 Å². The number of rotatable bonds is 18. The highest BCUT2D eigenvalue weighted by atomic mass is 16.6. The zero-order chi connectivity index (χ0) is 65.1. The van der Waals surface area contributed by atoms with Crippen LogP contribution in [0.4, 0.5) is 0 Å². The first-order valence-corrected chi connectivity index (χ1v) is 28.9. The van der Waals surface area contributed by atoms with Crippen molar-refractivity contribution in [1.82, 2.24) is 57.7 Å². The molecule has 12 aromatic rings. The maximum atomic E-state index is 12.6. The van der Waals surface area contributed by atoms with Gasteiger partial charge < -0.3 is 49.8 Å². The van der Waals surface area contributed by atoms with Gasteiger partial charge in [0.15, 0.2) is 0 Å². The summed E-state index contributed by atoms with van der Waals surface area (Å²) in [6.45, 7) is 32.2. The molecular formula is C65H70N12O13. The van der Waals surface area contributed by atoms with Crippen molar-refractivity contribution in [2.45, 2.75) is 87.7 Å². The van der Waals surface area contributed by atoms with Crippen LogP contribution in [0.15, 0.2) is 140 Å². The molecule has 5 N–H and O–H groups in total. The fraction of sp³-hybridized carbons (Fsp3) is 0.262. The van der Waals surface area contributed by atoms with Crippen LogP contribution in [0.3, 0.4) is 0 Å². The number of carbonyl (C=O) groups excluding carboxylic acids is 6. The van der Waals surface area contributed by atoms with E-state index in [9.17, 15) is 44.1 Å². The van der Waals surface area contributed by atoms with E-state index in [1.165, 1.54) is 18.2 Å². The van der Waals surface area contributed by atoms with Crippen LogP contribution < -0.4 is 24.8 Å². The zero-order valence-corrected chi connectivity index (χ0v) is 51.7. The summed E-state index contributed by atoms with van der Waals surface area (Å²) in [6, 6.07) is 29.3. The lowest BCUT2D eigenvalue weighted by Crippen LogP contribution is -2.40. The Morgan fingerprint density at radius 2 is 0.956 bits per heavy atom. The Morgan fingerprint density at radius 1 is 0.522 bits per heavy atom. The lowest BCUT2D eigenvalue weighted by atomic mass is 10.1. The number of esters is 3. The van der Waals surface area contributed by atoms with Crippen molar-refractivity contribution in [2.24, 2.45) is 0 Å². The van der Waals surface area contributed by atoms with Gasteiger partial charge in [0.1, 0.15) is 97.9 Å². The summed E-state index contributed by atoms with van der Waals surface area (Å²) in [6.07, 6.45) is 0. The first kappa shape index (κ1) is 61.8. The van der Waals surface area contributed by atoms with E-state index in [1.807, 2.05) is 119 Å². The average Bonchev–Trinajstić information content (AvgIpc) is 1.53. The standard InChI is InChI=1S/C22H24N4O5.C22H24N4O4.C21H22N4O4/c1-13(2)22(29)31-10-9-30-16-6-8-18(20(27)12-16)25-24-17-7-5-15(11-19(17)26(24)25)21(28)23-14(3)4;1-12(2)21(29)30-19-11-18(27)17(9-13(19)3)26-24-15-8-7-14(10-16(15)25(24)26)20(28)23-22(4,5)6;1-5-22(6-2)20(27)14-7-9-16-18(11-14)25-23(16)24(25)17-10-8-15(12-19(17)26)29-21(28)13(3)4/h5-8,11-12,14,27H,1,9-10H2,2-4H3,(H,23,28);7-11,27H,1H2,2-6H3,(H,23,28);7-12,26H,3,5-6H2,1-2,4H3. The van der Waals surface area contributed by atoms with E-state index in [4.69, 9.17) is 18.9 Å². The van der Waals surface area contributed by atoms with Gasteiger partial charge in [-0.1, -0.05) is 19.7 Å². The molecule has 0 saturated heterocycles. The van der Waals surface area contributed by atoms with E-state index in [0.29, 0.717) is 63.7 Å². The van der Waals surface area contributed by atoms with Crippen LogP contribution in [-0.2, 0) is 19.1 Å². The quantitative estimate of drug-likeness (QED) is 0.0232. The second-order valence-corrected chi connectivity index (χ2v) is 23.0. The van der Waals surface area contributed by atoms with Gasteiger partial charge in [0.05, 0.1) is 0 Å². The monoisotopic (exact) mass is 1230 g/mol. The predicted octanol–water partition coefficient (Wildman–Crippen LogP) is 9.30. The Morgan fingerprint density at radius 3 is 1.43 bits per heavy atom. The Balaban J connectivity index is 0.000000149. The van der Waals surface area contributed by atoms with E-state index < -0.39 is 17.9 Å². The summed E-state index contributed by atoms with van der Waals surface area (Å²) >= 11 is 0. The SMILES string of the molecule is C=C(C)C(=O)OCCOc1ccc(-n2n3c4ccc(C(=O)NC(C)C)cc4n23)c(O)c1.C=C(C)C(=O)Oc1cc(O)c(-n2n3c4ccc(C(=O)NC(C)(C)C)cc4n23)cc1C.C=C(C)C(=O)Oc1ccc(-n2n3c4ccc(C(=O)N(CC)CC)cc4n23)c(O)c1. The third kappa shape index (κ3) is 12.0. The molecular weight excluding hydrogens is 1160 g/mol. The van der Waals surface area contributed by atoms with Crippen molar-refractivity contribution in [2.75, 3.05) is 26.3 Å². The van der Waals surface area contributed by atoms with Crippen molar-refractivity contribution in [3.05, 3.63) is 162 Å². The predicted molar refractivity (Wildman–Crippen MR) is 336 cm³/mol. The lowest BCUT2D eigenvalue weighted by Gasteiger charge is -2.20. The number of aryl methyl sites for hydroxylation is 1. The van der Waals surface area contributed by atoms with Gasteiger partial charge >= 0.3 is 17.9 Å². The van der Waals surface area contributed by atoms with Crippen LogP contribution in [0.1, 0.15) is 106 Å². The van der Waals surface area contributed by atoms with E-state index in [-0.39, 0.29) is 82.4 Å². The van der Waals surface area contributed by atoms with Gasteiger partial charge in [-0.15, -0.1) is 42.2 Å². The zero-order valence-electron chi connectivity index (χ0n) is 51.7. The van der Waals surface area contributed by atoms with Gasteiger partial charge in [-0.3, -0.25) is 14.4 Å². The van der Waals surface area contributed by atoms with Gasteiger partial charge in [-0.25, -0.2) is 14.4 Å². The largest absolute Gasteiger partial charge is 0.505 e. The minimum absolute atomic E-state index is 0.00354. The second-order valence-electron chi connectivity index (χ2n) is 23.0. The minimum Gasteiger partial charge on any atom is -0.505 e. The Bertz CT molecular complexity index is 4770. The van der Waals surface area contributed by atoms with Crippen LogP contribution in [-0.4, -0.2) is 136 Å². The molecule has 0 saturated carbocycles. The van der Waals surface area contributed by atoms with E-state index in [0.717, 1.165) is 33.1 Å². The molecule has 0 bridgehead atoms. The molecule has 6 aromatic carbocycles. The van der Waals surface area contributed by atoms with Crippen molar-refractivity contribution in [3.8, 4) is 51.6 Å². The van der Waals surface area contributed by atoms with Crippen LogP contribution in [0.2, 0.25) is 0 Å². The number of phenolic OH excluding ortho intramolecular Hbond substituents is 3. The maximum Gasteiger partial charge on any atom is 0.338 e. The highest BCUT2D eigenvalue weighted by Crippen LogP contribution is 2.38. The Kier molecular flexibility index (Phi) is 16.3. The molecule has 0 aliphatic rings. The average molecular weight is 1230 g/mol. The summed E-state index contributed by atoms with van der Waals surface area (Å²) < 4.78 is 32.1. The first-order chi connectivity index (χ1) is 42.6. The number of amides is 3. The minimum atomic E-state index is -0.547. The van der Waals surface area contributed by atoms with Crippen LogP contribution >= 0.6 is 0 Å². The summed E-state index contributed by atoms with van der Waals surface area (Å²) in [7, 11) is 0. The summed E-state index contributed by atoms with van der Waals surface area (Å²) in [5.74, 6) is -0.873. The summed E-state index contributed by atoms with van der Waals surface area (Å²) in [5, 5.41) is 37.2. The molecule has 468 valence electrons. The number of aromatic nitrogens is 9. The second kappa shape index (κ2) is 23.8. The van der Waals surface area contributed by atoms with Gasteiger partial charge in [0, 0.05) is 76.3 Å². The summed E-state index contributed by atoms with van der Waals surface area (Å²) in [4.78, 5) is 79.2. The number of hydrogen-bond donors (Lipinski definition) is 5. The molecule has 6 heterocycles. The number of nitrogens with one attached hydrogen (secondary N) is 2. The third-order valence-corrected chi connectivity index (χ3v) is 14.3. The molecule has 0 fully saturated rings. The van der Waals surface area contributed by atoms with E-state index >= 15 is 0 Å². The molecule has 6 aromatic heterocycles. The van der Waals surface area contributed by atoms with Gasteiger partial charge in [-0.05, 0) is 167 Å². The molecule has 0 spiro atoms. The molecule has 3 amide bonds. The van der Waals surface area contributed by atoms with Crippen molar-refractivity contribution in [3.63, 3.8) is 0 Å². The third-order valence-electron chi connectivity index (χ3n) is 14.3. The van der Waals surface area contributed by atoms with Crippen LogP contribution in [0.25, 0.3) is 50.2 Å². The fourth-order valence-corrected chi connectivity index (χ4v) is 9.74. The Hall–Kier alpha value is -11.2. The number of carbonyl (C=O) groups is 6. The van der Waals surface area contributed by atoms with E-state index in [1.54, 1.807) is 89.4 Å². The highest BCUT2D eigenvalue weighted by Gasteiger charge is 2.31. The molecule has 0 unspecified atom stereocenters. The van der Waals surface area contributed by atoms with E-state index in [2.05, 4.69) is 30.4 Å². The summed E-state index contributed by atoms with van der Waals surface area (Å²) in [5.41, 5.74) is 10.1. The normalized spacial score (nSPS) is 11.6. The number of benzene rings is 6. The molecule has 25 nitrogen and oxygen atoms in total. The molecule has 12 rings (SSSR count). The molecule has 25 heteroatoms. The van der Waals surface area contributed by atoms with Crippen molar-refractivity contribution in [1.29, 1.82) is 0 Å².